The number of benzene rings is 2. The van der Waals surface area contributed by atoms with E-state index in [1.165, 1.54) is 11.8 Å². The van der Waals surface area contributed by atoms with Gasteiger partial charge in [0, 0.05) is 22.7 Å². The standard InChI is InChI=1S/C22H28N2O2S/c1-15-9-6-7-12-19(15)24-21(26)16(2)27-18-11-8-10-17(13-18)23-20(25)14-22(3,4)5/h6-13,16H,14H2,1-5H3,(H,23,25)(H,24,26). The maximum Gasteiger partial charge on any atom is 0.237 e. The van der Waals surface area contributed by atoms with Crippen LogP contribution in [0.3, 0.4) is 0 Å². The molecule has 2 rings (SSSR count). The fourth-order valence-electron chi connectivity index (χ4n) is 2.54. The van der Waals surface area contributed by atoms with Gasteiger partial charge in [-0.15, -0.1) is 11.8 Å². The molecule has 0 heterocycles. The first-order valence-electron chi connectivity index (χ1n) is 9.07. The first kappa shape index (κ1) is 21.0. The zero-order valence-electron chi connectivity index (χ0n) is 16.6. The summed E-state index contributed by atoms with van der Waals surface area (Å²) in [7, 11) is 0. The van der Waals surface area contributed by atoms with Gasteiger partial charge in [-0.05, 0) is 49.1 Å². The summed E-state index contributed by atoms with van der Waals surface area (Å²) in [5, 5.41) is 5.65. The topological polar surface area (TPSA) is 58.2 Å². The Labute approximate surface area is 166 Å². The van der Waals surface area contributed by atoms with Crippen LogP contribution in [-0.2, 0) is 9.59 Å². The number of hydrogen-bond donors (Lipinski definition) is 2. The summed E-state index contributed by atoms with van der Waals surface area (Å²) in [6, 6.07) is 15.3. The predicted octanol–water partition coefficient (Wildman–Crippen LogP) is 5.49. The molecule has 4 nitrogen and oxygen atoms in total. The van der Waals surface area contributed by atoms with Gasteiger partial charge in [-0.3, -0.25) is 9.59 Å². The Kier molecular flexibility index (Phi) is 7.08. The third kappa shape index (κ3) is 7.10. The molecule has 0 saturated heterocycles. The lowest BCUT2D eigenvalue weighted by molar-refractivity contribution is -0.118. The van der Waals surface area contributed by atoms with E-state index in [4.69, 9.17) is 0 Å². The van der Waals surface area contributed by atoms with Gasteiger partial charge in [-0.1, -0.05) is 45.0 Å². The van der Waals surface area contributed by atoms with Crippen LogP contribution >= 0.6 is 11.8 Å². The van der Waals surface area contributed by atoms with Crippen molar-refractivity contribution in [3.63, 3.8) is 0 Å². The van der Waals surface area contributed by atoms with E-state index in [0.29, 0.717) is 6.42 Å². The van der Waals surface area contributed by atoms with Crippen molar-refractivity contribution in [2.75, 3.05) is 10.6 Å². The van der Waals surface area contributed by atoms with E-state index in [1.807, 2.05) is 83.1 Å². The number of para-hydroxylation sites is 1. The van der Waals surface area contributed by atoms with E-state index >= 15 is 0 Å². The average Bonchev–Trinajstić information content (AvgIpc) is 2.55. The maximum atomic E-state index is 12.5. The van der Waals surface area contributed by atoms with Crippen molar-refractivity contribution in [3.05, 3.63) is 54.1 Å². The molecule has 2 aromatic rings. The number of anilines is 2. The van der Waals surface area contributed by atoms with Crippen molar-refractivity contribution < 1.29 is 9.59 Å². The minimum Gasteiger partial charge on any atom is -0.326 e. The molecule has 2 amide bonds. The highest BCUT2D eigenvalue weighted by molar-refractivity contribution is 8.00. The van der Waals surface area contributed by atoms with Crippen LogP contribution in [0, 0.1) is 12.3 Å². The number of amides is 2. The van der Waals surface area contributed by atoms with Crippen molar-refractivity contribution in [3.8, 4) is 0 Å². The minimum atomic E-state index is -0.259. The number of thioether (sulfide) groups is 1. The van der Waals surface area contributed by atoms with Crippen LogP contribution in [-0.4, -0.2) is 17.1 Å². The summed E-state index contributed by atoms with van der Waals surface area (Å²) in [6.07, 6.45) is 0.458. The summed E-state index contributed by atoms with van der Waals surface area (Å²) >= 11 is 1.47. The Morgan fingerprint density at radius 1 is 1.04 bits per heavy atom. The van der Waals surface area contributed by atoms with Crippen LogP contribution in [0.15, 0.2) is 53.4 Å². The molecule has 1 atom stereocenters. The highest BCUT2D eigenvalue weighted by Crippen LogP contribution is 2.27. The Morgan fingerprint density at radius 2 is 1.74 bits per heavy atom. The number of rotatable bonds is 6. The third-order valence-corrected chi connectivity index (χ3v) is 4.99. The van der Waals surface area contributed by atoms with Crippen LogP contribution < -0.4 is 10.6 Å². The first-order chi connectivity index (χ1) is 12.6. The van der Waals surface area contributed by atoms with Crippen LogP contribution in [0.5, 0.6) is 0 Å². The molecule has 0 saturated carbocycles. The molecule has 1 unspecified atom stereocenters. The van der Waals surface area contributed by atoms with Gasteiger partial charge in [0.05, 0.1) is 5.25 Å². The number of nitrogens with one attached hydrogen (secondary N) is 2. The van der Waals surface area contributed by atoms with E-state index in [1.54, 1.807) is 0 Å². The second-order valence-corrected chi connectivity index (χ2v) is 9.29. The molecule has 0 aliphatic carbocycles. The fourth-order valence-corrected chi connectivity index (χ4v) is 3.47. The Hall–Kier alpha value is -2.27. The Balaban J connectivity index is 1.97. The lowest BCUT2D eigenvalue weighted by Gasteiger charge is -2.17. The molecule has 0 bridgehead atoms. The molecule has 5 heteroatoms. The molecular formula is C22H28N2O2S. The van der Waals surface area contributed by atoms with Crippen LogP contribution in [0.1, 0.15) is 39.7 Å². The quantitative estimate of drug-likeness (QED) is 0.648. The number of carbonyl (C=O) groups excluding carboxylic acids is 2. The van der Waals surface area contributed by atoms with Gasteiger partial charge in [0.15, 0.2) is 0 Å². The van der Waals surface area contributed by atoms with Crippen molar-refractivity contribution in [2.45, 2.75) is 51.2 Å². The van der Waals surface area contributed by atoms with Gasteiger partial charge in [-0.2, -0.15) is 0 Å². The second kappa shape index (κ2) is 9.09. The largest absolute Gasteiger partial charge is 0.326 e. The van der Waals surface area contributed by atoms with Gasteiger partial charge >= 0.3 is 0 Å². The lowest BCUT2D eigenvalue weighted by Crippen LogP contribution is -2.22. The molecule has 0 aliphatic rings. The molecule has 2 aromatic carbocycles. The predicted molar refractivity (Wildman–Crippen MR) is 114 cm³/mol. The SMILES string of the molecule is Cc1ccccc1NC(=O)C(C)Sc1cccc(NC(=O)CC(C)(C)C)c1. The second-order valence-electron chi connectivity index (χ2n) is 7.88. The first-order valence-corrected chi connectivity index (χ1v) is 9.95. The normalized spacial score (nSPS) is 12.3. The van der Waals surface area contributed by atoms with Crippen molar-refractivity contribution in [2.24, 2.45) is 5.41 Å². The van der Waals surface area contributed by atoms with Crippen molar-refractivity contribution >= 4 is 35.0 Å². The van der Waals surface area contributed by atoms with E-state index in [9.17, 15) is 9.59 Å². The van der Waals surface area contributed by atoms with E-state index in [2.05, 4.69) is 10.6 Å². The Bertz CT molecular complexity index is 812. The lowest BCUT2D eigenvalue weighted by atomic mass is 9.92. The monoisotopic (exact) mass is 384 g/mol. The summed E-state index contributed by atoms with van der Waals surface area (Å²) in [5.74, 6) is -0.0496. The van der Waals surface area contributed by atoms with Crippen molar-refractivity contribution in [1.82, 2.24) is 0 Å². The van der Waals surface area contributed by atoms with E-state index in [0.717, 1.165) is 21.8 Å². The van der Waals surface area contributed by atoms with Gasteiger partial charge in [0.25, 0.3) is 0 Å². The van der Waals surface area contributed by atoms with E-state index < -0.39 is 0 Å². The average molecular weight is 385 g/mol. The molecule has 2 N–H and O–H groups in total. The van der Waals surface area contributed by atoms with Crippen LogP contribution in [0.4, 0.5) is 11.4 Å². The number of carbonyl (C=O) groups is 2. The molecule has 0 fully saturated rings. The minimum absolute atomic E-state index is 0.00463. The van der Waals surface area contributed by atoms with Gasteiger partial charge in [0.2, 0.25) is 11.8 Å². The fraction of sp³-hybridized carbons (Fsp3) is 0.364. The third-order valence-electron chi connectivity index (χ3n) is 3.89. The summed E-state index contributed by atoms with van der Waals surface area (Å²) in [6.45, 7) is 9.95. The van der Waals surface area contributed by atoms with Crippen molar-refractivity contribution in [1.29, 1.82) is 0 Å². The number of aryl methyl sites for hydroxylation is 1. The zero-order valence-corrected chi connectivity index (χ0v) is 17.4. The highest BCUT2D eigenvalue weighted by atomic mass is 32.2. The molecular weight excluding hydrogens is 356 g/mol. The molecule has 27 heavy (non-hydrogen) atoms. The highest BCUT2D eigenvalue weighted by Gasteiger charge is 2.17. The Morgan fingerprint density at radius 3 is 2.41 bits per heavy atom. The maximum absolute atomic E-state index is 12.5. The molecule has 0 spiro atoms. The molecule has 0 aromatic heterocycles. The molecule has 0 aliphatic heterocycles. The summed E-state index contributed by atoms with van der Waals surface area (Å²) < 4.78 is 0. The van der Waals surface area contributed by atoms with Gasteiger partial charge in [-0.25, -0.2) is 0 Å². The number of hydrogen-bond acceptors (Lipinski definition) is 3. The van der Waals surface area contributed by atoms with E-state index in [-0.39, 0.29) is 22.5 Å². The molecule has 0 radical (unpaired) electrons. The smallest absolute Gasteiger partial charge is 0.237 e. The van der Waals surface area contributed by atoms with Gasteiger partial charge < -0.3 is 10.6 Å². The summed E-state index contributed by atoms with van der Waals surface area (Å²) in [5.41, 5.74) is 2.56. The van der Waals surface area contributed by atoms with Crippen LogP contribution in [0.25, 0.3) is 0 Å². The van der Waals surface area contributed by atoms with Gasteiger partial charge in [0.1, 0.15) is 0 Å². The molecule has 144 valence electrons. The zero-order chi connectivity index (χ0) is 20.0. The summed E-state index contributed by atoms with van der Waals surface area (Å²) in [4.78, 5) is 25.6. The van der Waals surface area contributed by atoms with Crippen LogP contribution in [0.2, 0.25) is 0 Å².